The maximum absolute atomic E-state index is 4.34. The van der Waals surface area contributed by atoms with Crippen molar-refractivity contribution in [1.82, 2.24) is 25.1 Å². The number of hydrogen-bond acceptors (Lipinski definition) is 5. The summed E-state index contributed by atoms with van der Waals surface area (Å²) in [4.78, 5) is 8.59. The minimum absolute atomic E-state index is 0.289. The molecule has 0 bridgehead atoms. The summed E-state index contributed by atoms with van der Waals surface area (Å²) >= 11 is 0. The largest absolute Gasteiger partial charge is 0.369 e. The molecule has 1 aliphatic heterocycles. The Labute approximate surface area is 112 Å². The molecule has 1 saturated heterocycles. The molecule has 19 heavy (non-hydrogen) atoms. The molecule has 6 nitrogen and oxygen atoms in total. The monoisotopic (exact) mass is 260 g/mol. The number of rotatable bonds is 3. The van der Waals surface area contributed by atoms with Gasteiger partial charge in [-0.3, -0.25) is 4.68 Å². The second-order valence-corrected chi connectivity index (χ2v) is 5.67. The summed E-state index contributed by atoms with van der Waals surface area (Å²) in [5.74, 6) is 0.880. The average molecular weight is 260 g/mol. The zero-order valence-electron chi connectivity index (χ0n) is 11.5. The maximum atomic E-state index is 4.34. The van der Waals surface area contributed by atoms with Crippen LogP contribution in [0.5, 0.6) is 0 Å². The van der Waals surface area contributed by atoms with E-state index in [2.05, 4.69) is 32.6 Å². The van der Waals surface area contributed by atoms with Gasteiger partial charge in [-0.05, 0) is 24.8 Å². The third kappa shape index (κ3) is 2.40. The second kappa shape index (κ2) is 4.77. The van der Waals surface area contributed by atoms with Crippen molar-refractivity contribution >= 4 is 16.9 Å². The van der Waals surface area contributed by atoms with Crippen molar-refractivity contribution in [3.8, 4) is 0 Å². The summed E-state index contributed by atoms with van der Waals surface area (Å²) in [5, 5.41) is 12.1. The van der Waals surface area contributed by atoms with Crippen molar-refractivity contribution < 1.29 is 0 Å². The molecule has 3 heterocycles. The fraction of sp³-hybridized carbons (Fsp3) is 0.615. The van der Waals surface area contributed by atoms with Gasteiger partial charge in [0.15, 0.2) is 5.65 Å². The third-order valence-electron chi connectivity index (χ3n) is 3.90. The van der Waals surface area contributed by atoms with Crippen molar-refractivity contribution in [3.63, 3.8) is 0 Å². The van der Waals surface area contributed by atoms with E-state index in [-0.39, 0.29) is 5.41 Å². The fourth-order valence-corrected chi connectivity index (χ4v) is 2.67. The van der Waals surface area contributed by atoms with Gasteiger partial charge in [0.25, 0.3) is 0 Å². The van der Waals surface area contributed by atoms with Crippen molar-refractivity contribution in [1.29, 1.82) is 0 Å². The molecule has 0 spiro atoms. The summed E-state index contributed by atoms with van der Waals surface area (Å²) in [6.07, 6.45) is 5.89. The lowest BCUT2D eigenvalue weighted by Gasteiger charge is -2.34. The minimum Gasteiger partial charge on any atom is -0.369 e. The molecule has 0 radical (unpaired) electrons. The smallest absolute Gasteiger partial charge is 0.163 e. The molecule has 1 aliphatic rings. The summed E-state index contributed by atoms with van der Waals surface area (Å²) in [6.45, 7) is 5.42. The van der Waals surface area contributed by atoms with E-state index in [9.17, 15) is 0 Å². The summed E-state index contributed by atoms with van der Waals surface area (Å²) in [6, 6.07) is 0. The Morgan fingerprint density at radius 2 is 2.37 bits per heavy atom. The van der Waals surface area contributed by atoms with Crippen LogP contribution in [0.3, 0.4) is 0 Å². The summed E-state index contributed by atoms with van der Waals surface area (Å²) < 4.78 is 1.77. The topological polar surface area (TPSA) is 67.7 Å². The normalized spacial score (nSPS) is 23.7. The summed E-state index contributed by atoms with van der Waals surface area (Å²) in [5.41, 5.74) is 1.15. The molecule has 1 fully saturated rings. The first-order chi connectivity index (χ1) is 9.18. The van der Waals surface area contributed by atoms with Gasteiger partial charge in [-0.2, -0.15) is 5.10 Å². The molecule has 0 amide bonds. The van der Waals surface area contributed by atoms with E-state index < -0.39 is 0 Å². The number of nitrogens with zero attached hydrogens (tertiary/aromatic N) is 4. The van der Waals surface area contributed by atoms with Crippen LogP contribution in [-0.2, 0) is 7.05 Å². The molecule has 0 aliphatic carbocycles. The van der Waals surface area contributed by atoms with Crippen molar-refractivity contribution in [3.05, 3.63) is 12.5 Å². The quantitative estimate of drug-likeness (QED) is 0.867. The van der Waals surface area contributed by atoms with Gasteiger partial charge in [-0.15, -0.1) is 0 Å². The molecular weight excluding hydrogens is 240 g/mol. The Balaban J connectivity index is 1.78. The number of aryl methyl sites for hydroxylation is 1. The Morgan fingerprint density at radius 3 is 3.16 bits per heavy atom. The number of hydrogen-bond donors (Lipinski definition) is 2. The average Bonchev–Trinajstić information content (AvgIpc) is 2.80. The van der Waals surface area contributed by atoms with Crippen LogP contribution in [0.2, 0.25) is 0 Å². The molecule has 2 N–H and O–H groups in total. The number of anilines is 1. The predicted molar refractivity (Wildman–Crippen MR) is 75.0 cm³/mol. The number of aromatic nitrogens is 4. The minimum atomic E-state index is 0.289. The van der Waals surface area contributed by atoms with Gasteiger partial charge in [0.1, 0.15) is 12.1 Å². The van der Waals surface area contributed by atoms with Gasteiger partial charge in [0.05, 0.1) is 11.6 Å². The van der Waals surface area contributed by atoms with Gasteiger partial charge >= 0.3 is 0 Å². The highest BCUT2D eigenvalue weighted by Crippen LogP contribution is 2.26. The molecule has 2 aromatic rings. The van der Waals surface area contributed by atoms with Crippen molar-refractivity contribution in [2.75, 3.05) is 25.0 Å². The van der Waals surface area contributed by atoms with Gasteiger partial charge < -0.3 is 10.6 Å². The first-order valence-electron chi connectivity index (χ1n) is 6.75. The van der Waals surface area contributed by atoms with Crippen LogP contribution in [-0.4, -0.2) is 39.4 Å². The van der Waals surface area contributed by atoms with Crippen LogP contribution in [0.1, 0.15) is 19.8 Å². The van der Waals surface area contributed by atoms with Crippen LogP contribution < -0.4 is 10.6 Å². The standard InChI is InChI=1S/C13H20N6/c1-13(4-3-5-14-7-13)8-15-11-10-6-18-19(2)12(10)17-9-16-11/h6,9,14H,3-5,7-8H2,1-2H3,(H,15,16,17). The highest BCUT2D eigenvalue weighted by molar-refractivity contribution is 5.85. The first kappa shape index (κ1) is 12.3. The highest BCUT2D eigenvalue weighted by atomic mass is 15.3. The van der Waals surface area contributed by atoms with Crippen LogP contribution in [0.25, 0.3) is 11.0 Å². The Bertz CT molecular complexity index is 570. The van der Waals surface area contributed by atoms with Crippen LogP contribution >= 0.6 is 0 Å². The molecule has 3 rings (SSSR count). The Morgan fingerprint density at radius 1 is 1.47 bits per heavy atom. The highest BCUT2D eigenvalue weighted by Gasteiger charge is 2.26. The molecule has 6 heteroatoms. The van der Waals surface area contributed by atoms with Crippen molar-refractivity contribution in [2.45, 2.75) is 19.8 Å². The van der Waals surface area contributed by atoms with E-state index in [0.29, 0.717) is 0 Å². The molecule has 1 unspecified atom stereocenters. The molecular formula is C13H20N6. The fourth-order valence-electron chi connectivity index (χ4n) is 2.67. The molecule has 0 aromatic carbocycles. The van der Waals surface area contributed by atoms with E-state index >= 15 is 0 Å². The zero-order valence-corrected chi connectivity index (χ0v) is 11.5. The number of nitrogens with one attached hydrogen (secondary N) is 2. The zero-order chi connectivity index (χ0) is 13.3. The molecule has 2 aromatic heterocycles. The maximum Gasteiger partial charge on any atom is 0.163 e. The van der Waals surface area contributed by atoms with E-state index in [4.69, 9.17) is 0 Å². The predicted octanol–water partition coefficient (Wildman–Crippen LogP) is 1.16. The first-order valence-corrected chi connectivity index (χ1v) is 6.75. The Hall–Kier alpha value is -1.69. The van der Waals surface area contributed by atoms with E-state index in [1.807, 2.05) is 13.2 Å². The SMILES string of the molecule is Cn1ncc2c(NCC3(C)CCCNC3)ncnc21. The van der Waals surface area contributed by atoms with Gasteiger partial charge in [0.2, 0.25) is 0 Å². The van der Waals surface area contributed by atoms with E-state index in [1.54, 1.807) is 11.0 Å². The second-order valence-electron chi connectivity index (χ2n) is 5.67. The lowest BCUT2D eigenvalue weighted by atomic mass is 9.83. The number of piperidine rings is 1. The number of fused-ring (bicyclic) bond motifs is 1. The molecule has 0 saturated carbocycles. The van der Waals surface area contributed by atoms with Gasteiger partial charge in [0, 0.05) is 20.1 Å². The van der Waals surface area contributed by atoms with Gasteiger partial charge in [-0.25, -0.2) is 9.97 Å². The van der Waals surface area contributed by atoms with Crippen LogP contribution in [0, 0.1) is 5.41 Å². The molecule has 1 atom stereocenters. The lowest BCUT2D eigenvalue weighted by molar-refractivity contribution is 0.253. The van der Waals surface area contributed by atoms with Crippen LogP contribution in [0.15, 0.2) is 12.5 Å². The van der Waals surface area contributed by atoms with Gasteiger partial charge in [-0.1, -0.05) is 6.92 Å². The van der Waals surface area contributed by atoms with Crippen LogP contribution in [0.4, 0.5) is 5.82 Å². The van der Waals surface area contributed by atoms with E-state index in [0.717, 1.165) is 36.5 Å². The molecule has 102 valence electrons. The summed E-state index contributed by atoms with van der Waals surface area (Å²) in [7, 11) is 1.89. The lowest BCUT2D eigenvalue weighted by Crippen LogP contribution is -2.42. The Kier molecular flexibility index (Phi) is 3.10. The van der Waals surface area contributed by atoms with Crippen molar-refractivity contribution in [2.24, 2.45) is 12.5 Å². The van der Waals surface area contributed by atoms with E-state index in [1.165, 1.54) is 12.8 Å². The third-order valence-corrected chi connectivity index (χ3v) is 3.90.